The van der Waals surface area contributed by atoms with Gasteiger partial charge < -0.3 is 14.2 Å². The number of nitrogens with zero attached hydrogens (tertiary/aromatic N) is 3. The van der Waals surface area contributed by atoms with E-state index in [0.29, 0.717) is 31.2 Å². The molecule has 2 atom stereocenters. The van der Waals surface area contributed by atoms with Crippen molar-refractivity contribution in [2.45, 2.75) is 39.2 Å². The molecule has 1 aromatic heterocycles. The molecule has 1 saturated carbocycles. The standard InChI is InChI=1S/C28H35N3O5S/c1-20-15-26(36-18-28(33)30-14-13-24(17-30)19-37(34,35)29(3)4)16-27(32)31(20)21(2)25-11-9-23(10-12-25)8-7-22-5-6-22/h9-12,15-16,21-22,24H,5-6,13-14,17-19H2,1-4H3/t21-,24-/m1/s1. The van der Waals surface area contributed by atoms with Gasteiger partial charge in [0.2, 0.25) is 10.0 Å². The molecule has 37 heavy (non-hydrogen) atoms. The Balaban J connectivity index is 1.35. The topological polar surface area (TPSA) is 88.9 Å². The predicted octanol–water partition coefficient (Wildman–Crippen LogP) is 2.65. The van der Waals surface area contributed by atoms with Crippen LogP contribution in [0.5, 0.6) is 5.75 Å². The van der Waals surface area contributed by atoms with Crippen LogP contribution in [-0.4, -0.2) is 67.6 Å². The molecule has 1 aliphatic carbocycles. The number of hydrogen-bond acceptors (Lipinski definition) is 5. The fourth-order valence-corrected chi connectivity index (χ4v) is 5.71. The van der Waals surface area contributed by atoms with Gasteiger partial charge in [0.15, 0.2) is 6.61 Å². The molecule has 198 valence electrons. The molecule has 2 heterocycles. The monoisotopic (exact) mass is 525 g/mol. The molecule has 2 aliphatic rings. The summed E-state index contributed by atoms with van der Waals surface area (Å²) in [5, 5.41) is 0. The Morgan fingerprint density at radius 3 is 2.49 bits per heavy atom. The number of aryl methyl sites for hydroxylation is 1. The summed E-state index contributed by atoms with van der Waals surface area (Å²) in [4.78, 5) is 27.2. The Morgan fingerprint density at radius 2 is 1.86 bits per heavy atom. The Morgan fingerprint density at radius 1 is 1.16 bits per heavy atom. The molecule has 2 aromatic rings. The quantitative estimate of drug-likeness (QED) is 0.495. The number of carbonyl (C=O) groups excluding carboxylic acids is 1. The first kappa shape index (κ1) is 27.0. The van der Waals surface area contributed by atoms with Gasteiger partial charge in [0, 0.05) is 50.4 Å². The highest BCUT2D eigenvalue weighted by atomic mass is 32.2. The lowest BCUT2D eigenvalue weighted by molar-refractivity contribution is -0.132. The van der Waals surface area contributed by atoms with Crippen LogP contribution < -0.4 is 10.3 Å². The van der Waals surface area contributed by atoms with E-state index in [9.17, 15) is 18.0 Å². The number of aromatic nitrogens is 1. The molecule has 4 rings (SSSR count). The van der Waals surface area contributed by atoms with Crippen LogP contribution in [0.25, 0.3) is 0 Å². The normalized spacial score (nSPS) is 18.4. The van der Waals surface area contributed by atoms with Gasteiger partial charge in [0.25, 0.3) is 11.5 Å². The van der Waals surface area contributed by atoms with E-state index in [2.05, 4.69) is 11.8 Å². The highest BCUT2D eigenvalue weighted by Crippen LogP contribution is 2.28. The third-order valence-electron chi connectivity index (χ3n) is 7.02. The maximum atomic E-state index is 13.0. The number of hydrogen-bond donors (Lipinski definition) is 0. The highest BCUT2D eigenvalue weighted by Gasteiger charge is 2.30. The van der Waals surface area contributed by atoms with Crippen molar-refractivity contribution < 1.29 is 17.9 Å². The number of pyridine rings is 1. The Labute approximate surface area is 219 Å². The smallest absolute Gasteiger partial charge is 0.260 e. The second-order valence-corrected chi connectivity index (χ2v) is 12.5. The van der Waals surface area contributed by atoms with Gasteiger partial charge in [-0.3, -0.25) is 9.59 Å². The number of amides is 1. The lowest BCUT2D eigenvalue weighted by atomic mass is 10.1. The van der Waals surface area contributed by atoms with Crippen molar-refractivity contribution in [1.82, 2.24) is 13.8 Å². The van der Waals surface area contributed by atoms with E-state index < -0.39 is 10.0 Å². The highest BCUT2D eigenvalue weighted by molar-refractivity contribution is 7.89. The third kappa shape index (κ3) is 6.82. The van der Waals surface area contributed by atoms with Gasteiger partial charge in [-0.15, -0.1) is 0 Å². The molecule has 0 N–H and O–H groups in total. The van der Waals surface area contributed by atoms with E-state index >= 15 is 0 Å². The van der Waals surface area contributed by atoms with Crippen LogP contribution in [0.2, 0.25) is 0 Å². The van der Waals surface area contributed by atoms with Crippen molar-refractivity contribution in [1.29, 1.82) is 0 Å². The average Bonchev–Trinajstić information content (AvgIpc) is 3.57. The lowest BCUT2D eigenvalue weighted by Gasteiger charge is -2.20. The number of likely N-dealkylation sites (tertiary alicyclic amines) is 1. The fraction of sp³-hybridized carbons (Fsp3) is 0.500. The van der Waals surface area contributed by atoms with Crippen LogP contribution in [-0.2, 0) is 14.8 Å². The molecular formula is C28H35N3O5S. The minimum atomic E-state index is -3.31. The third-order valence-corrected chi connectivity index (χ3v) is 9.02. The summed E-state index contributed by atoms with van der Waals surface area (Å²) in [6, 6.07) is 11.0. The number of rotatable bonds is 8. The number of ether oxygens (including phenoxy) is 1. The maximum Gasteiger partial charge on any atom is 0.260 e. The molecule has 2 fully saturated rings. The van der Waals surface area contributed by atoms with Gasteiger partial charge in [-0.25, -0.2) is 12.7 Å². The van der Waals surface area contributed by atoms with Gasteiger partial charge in [-0.2, -0.15) is 0 Å². The molecule has 0 radical (unpaired) electrons. The summed E-state index contributed by atoms with van der Waals surface area (Å²) in [6.07, 6.45) is 3.03. The van der Waals surface area contributed by atoms with Crippen molar-refractivity contribution in [3.05, 3.63) is 63.6 Å². The van der Waals surface area contributed by atoms with E-state index in [1.165, 1.54) is 37.3 Å². The molecule has 0 bridgehead atoms. The molecule has 0 unspecified atom stereocenters. The lowest BCUT2D eigenvalue weighted by Crippen LogP contribution is -2.35. The maximum absolute atomic E-state index is 13.0. The van der Waals surface area contributed by atoms with E-state index in [1.807, 2.05) is 38.1 Å². The molecule has 0 spiro atoms. The van der Waals surface area contributed by atoms with E-state index in [1.54, 1.807) is 15.5 Å². The van der Waals surface area contributed by atoms with Gasteiger partial charge in [0.05, 0.1) is 11.8 Å². The van der Waals surface area contributed by atoms with Gasteiger partial charge in [0.1, 0.15) is 5.75 Å². The van der Waals surface area contributed by atoms with Crippen molar-refractivity contribution >= 4 is 15.9 Å². The van der Waals surface area contributed by atoms with E-state index in [-0.39, 0.29) is 35.8 Å². The number of sulfonamides is 1. The molecule has 1 saturated heterocycles. The van der Waals surface area contributed by atoms with Crippen molar-refractivity contribution in [3.8, 4) is 17.6 Å². The molecule has 1 amide bonds. The van der Waals surface area contributed by atoms with E-state index in [0.717, 1.165) is 16.8 Å². The zero-order valence-corrected chi connectivity index (χ0v) is 22.8. The molecule has 1 aliphatic heterocycles. The van der Waals surface area contributed by atoms with Crippen molar-refractivity contribution in [2.75, 3.05) is 39.5 Å². The molecule has 9 heteroatoms. The second-order valence-electron chi connectivity index (χ2n) is 10.2. The first-order valence-electron chi connectivity index (χ1n) is 12.7. The van der Waals surface area contributed by atoms with Crippen molar-refractivity contribution in [2.24, 2.45) is 11.8 Å². The van der Waals surface area contributed by atoms with Crippen LogP contribution in [0.4, 0.5) is 0 Å². The van der Waals surface area contributed by atoms with Crippen LogP contribution in [0.3, 0.4) is 0 Å². The average molecular weight is 526 g/mol. The predicted molar refractivity (Wildman–Crippen MR) is 143 cm³/mol. The summed E-state index contributed by atoms with van der Waals surface area (Å²) in [5.74, 6) is 7.07. The summed E-state index contributed by atoms with van der Waals surface area (Å²) in [7, 11) is -0.285. The van der Waals surface area contributed by atoms with Crippen LogP contribution in [0, 0.1) is 30.6 Å². The van der Waals surface area contributed by atoms with Crippen molar-refractivity contribution in [3.63, 3.8) is 0 Å². The number of benzene rings is 1. The zero-order valence-electron chi connectivity index (χ0n) is 21.9. The van der Waals surface area contributed by atoms with Gasteiger partial charge >= 0.3 is 0 Å². The minimum absolute atomic E-state index is 0.0246. The Kier molecular flexibility index (Phi) is 8.10. The summed E-state index contributed by atoms with van der Waals surface area (Å²) < 4.78 is 32.9. The summed E-state index contributed by atoms with van der Waals surface area (Å²) >= 11 is 0. The second kappa shape index (κ2) is 11.1. The Hall–Kier alpha value is -3.09. The molecule has 8 nitrogen and oxygen atoms in total. The van der Waals surface area contributed by atoms with Gasteiger partial charge in [-0.05, 0) is 62.8 Å². The molecular weight excluding hydrogens is 490 g/mol. The Bertz CT molecular complexity index is 1370. The van der Waals surface area contributed by atoms with Crippen LogP contribution >= 0.6 is 0 Å². The first-order valence-corrected chi connectivity index (χ1v) is 14.3. The van der Waals surface area contributed by atoms with E-state index in [4.69, 9.17) is 4.74 Å². The SMILES string of the molecule is Cc1cc(OCC(=O)N2CC[C@@H](CS(=O)(=O)N(C)C)C2)cc(=O)n1[C@H](C)c1ccc(C#CC2CC2)cc1. The minimum Gasteiger partial charge on any atom is -0.484 e. The fourth-order valence-electron chi connectivity index (χ4n) is 4.55. The largest absolute Gasteiger partial charge is 0.484 e. The zero-order chi connectivity index (χ0) is 26.7. The van der Waals surface area contributed by atoms with Crippen LogP contribution in [0.15, 0.2) is 41.2 Å². The first-order chi connectivity index (χ1) is 17.5. The molecule has 1 aromatic carbocycles. The summed E-state index contributed by atoms with van der Waals surface area (Å²) in [6.45, 7) is 4.51. The summed E-state index contributed by atoms with van der Waals surface area (Å²) in [5.41, 5.74) is 2.51. The van der Waals surface area contributed by atoms with Crippen LogP contribution in [0.1, 0.15) is 49.0 Å². The number of carbonyl (C=O) groups is 1. The van der Waals surface area contributed by atoms with Gasteiger partial charge in [-0.1, -0.05) is 24.0 Å².